The van der Waals surface area contributed by atoms with Crippen LogP contribution in [-0.4, -0.2) is 22.6 Å². The fraction of sp³-hybridized carbons (Fsp3) is 0.688. The number of rotatable bonds is 0. The number of aromatic nitrogens is 1. The molecular formula is C16H23NO2. The second-order valence-electron chi connectivity index (χ2n) is 6.94. The fourth-order valence-electron chi connectivity index (χ4n) is 3.41. The molecule has 0 amide bonds. The summed E-state index contributed by atoms with van der Waals surface area (Å²) in [7, 11) is 0. The van der Waals surface area contributed by atoms with Gasteiger partial charge in [-0.15, -0.1) is 0 Å². The largest absolute Gasteiger partial charge is 0.364 e. The van der Waals surface area contributed by atoms with Gasteiger partial charge in [0.05, 0.1) is 17.8 Å². The van der Waals surface area contributed by atoms with Gasteiger partial charge < -0.3 is 9.30 Å². The number of fused-ring (bicyclic) bond motifs is 3. The van der Waals surface area contributed by atoms with Crippen LogP contribution in [0.1, 0.15) is 63.0 Å². The lowest BCUT2D eigenvalue weighted by molar-refractivity contribution is -0.0724. The van der Waals surface area contributed by atoms with Crippen LogP contribution in [-0.2, 0) is 4.74 Å². The maximum absolute atomic E-state index is 12.7. The molecule has 3 nitrogen and oxygen atoms in total. The lowest BCUT2D eigenvalue weighted by Gasteiger charge is -2.35. The molecule has 2 heterocycles. The molecule has 0 saturated heterocycles. The molecule has 1 aromatic rings. The molecule has 0 N–H and O–H groups in total. The summed E-state index contributed by atoms with van der Waals surface area (Å²) >= 11 is 0. The summed E-state index contributed by atoms with van der Waals surface area (Å²) in [6.45, 7) is 6.27. The van der Waals surface area contributed by atoms with Gasteiger partial charge in [-0.2, -0.15) is 0 Å². The van der Waals surface area contributed by atoms with Crippen molar-refractivity contribution in [2.45, 2.75) is 64.7 Å². The van der Waals surface area contributed by atoms with Gasteiger partial charge in [-0.05, 0) is 30.4 Å². The van der Waals surface area contributed by atoms with Crippen molar-refractivity contribution in [1.29, 1.82) is 0 Å². The molecule has 1 aromatic heterocycles. The number of ketones is 1. The summed E-state index contributed by atoms with van der Waals surface area (Å²) in [5, 5.41) is 0. The van der Waals surface area contributed by atoms with Gasteiger partial charge >= 0.3 is 0 Å². The maximum atomic E-state index is 12.7. The molecule has 1 fully saturated rings. The average molecular weight is 261 g/mol. The lowest BCUT2D eigenvalue weighted by Crippen LogP contribution is -2.39. The van der Waals surface area contributed by atoms with Gasteiger partial charge in [-0.3, -0.25) is 4.79 Å². The third kappa shape index (κ3) is 2.14. The van der Waals surface area contributed by atoms with Crippen LogP contribution in [0.4, 0.5) is 0 Å². The fourth-order valence-corrected chi connectivity index (χ4v) is 3.41. The molecule has 0 aromatic carbocycles. The third-order valence-electron chi connectivity index (χ3n) is 4.39. The Hall–Kier alpha value is -1.09. The number of ether oxygens (including phenoxy) is 1. The standard InChI is InChI=1S/C16H23NO2/c1-16(2,3)15-14(18)12-8-6-10-17(12)11-7-4-5-9-13(11)19-15/h6,8,10-11,13,15H,4-5,7,9H2,1-3H3. The van der Waals surface area contributed by atoms with Crippen LogP contribution in [0.3, 0.4) is 0 Å². The van der Waals surface area contributed by atoms with Crippen LogP contribution in [0.5, 0.6) is 0 Å². The second kappa shape index (κ2) is 4.48. The highest BCUT2D eigenvalue weighted by molar-refractivity contribution is 5.99. The van der Waals surface area contributed by atoms with Crippen molar-refractivity contribution in [3.05, 3.63) is 24.0 Å². The average Bonchev–Trinajstić information content (AvgIpc) is 2.79. The van der Waals surface area contributed by atoms with Crippen molar-refractivity contribution < 1.29 is 9.53 Å². The van der Waals surface area contributed by atoms with E-state index in [1.54, 1.807) is 0 Å². The minimum Gasteiger partial charge on any atom is -0.364 e. The van der Waals surface area contributed by atoms with Crippen LogP contribution in [0.2, 0.25) is 0 Å². The normalized spacial score (nSPS) is 31.5. The highest BCUT2D eigenvalue weighted by Crippen LogP contribution is 2.39. The Morgan fingerprint density at radius 3 is 2.74 bits per heavy atom. The molecule has 3 unspecified atom stereocenters. The van der Waals surface area contributed by atoms with Gasteiger partial charge in [0, 0.05) is 6.20 Å². The van der Waals surface area contributed by atoms with Crippen molar-refractivity contribution in [3.8, 4) is 0 Å². The van der Waals surface area contributed by atoms with Crippen LogP contribution < -0.4 is 0 Å². The highest BCUT2D eigenvalue weighted by Gasteiger charge is 2.42. The molecular weight excluding hydrogens is 238 g/mol. The molecule has 0 bridgehead atoms. The van der Waals surface area contributed by atoms with Crippen LogP contribution >= 0.6 is 0 Å². The van der Waals surface area contributed by atoms with Gasteiger partial charge in [-0.1, -0.05) is 33.6 Å². The van der Waals surface area contributed by atoms with E-state index in [-0.39, 0.29) is 23.4 Å². The second-order valence-corrected chi connectivity index (χ2v) is 6.94. The first-order valence-corrected chi connectivity index (χ1v) is 7.35. The SMILES string of the molecule is CC(C)(C)C1OC2CCCCC2n2cccc2C1=O. The van der Waals surface area contributed by atoms with E-state index >= 15 is 0 Å². The zero-order chi connectivity index (χ0) is 13.6. The summed E-state index contributed by atoms with van der Waals surface area (Å²) in [5.41, 5.74) is 0.674. The molecule has 0 radical (unpaired) electrons. The number of nitrogens with zero attached hydrogens (tertiary/aromatic N) is 1. The minimum absolute atomic E-state index is 0.145. The molecule has 3 atom stereocenters. The number of hydrogen-bond donors (Lipinski definition) is 0. The predicted octanol–water partition coefficient (Wildman–Crippen LogP) is 3.60. The van der Waals surface area contributed by atoms with Crippen LogP contribution in [0.15, 0.2) is 18.3 Å². The zero-order valence-electron chi connectivity index (χ0n) is 12.1. The monoisotopic (exact) mass is 261 g/mol. The van der Waals surface area contributed by atoms with Gasteiger partial charge in [-0.25, -0.2) is 0 Å². The molecule has 1 saturated carbocycles. The minimum atomic E-state index is -0.325. The van der Waals surface area contributed by atoms with Crippen molar-refractivity contribution in [1.82, 2.24) is 4.57 Å². The number of carbonyl (C=O) groups excluding carboxylic acids is 1. The first kappa shape index (κ1) is 12.9. The Balaban J connectivity index is 2.05. The van der Waals surface area contributed by atoms with Gasteiger partial charge in [0.1, 0.15) is 6.10 Å². The van der Waals surface area contributed by atoms with E-state index in [9.17, 15) is 4.79 Å². The molecule has 19 heavy (non-hydrogen) atoms. The van der Waals surface area contributed by atoms with Gasteiger partial charge in [0.15, 0.2) is 0 Å². The number of Topliss-reactive ketones (excluding diaryl/α,β-unsaturated/α-hetero) is 1. The molecule has 3 heteroatoms. The Morgan fingerprint density at radius 1 is 1.26 bits per heavy atom. The summed E-state index contributed by atoms with van der Waals surface area (Å²) in [5.74, 6) is 0.145. The van der Waals surface area contributed by atoms with Crippen molar-refractivity contribution in [2.75, 3.05) is 0 Å². The molecule has 1 aliphatic carbocycles. The molecule has 1 aliphatic heterocycles. The predicted molar refractivity (Wildman–Crippen MR) is 74.4 cm³/mol. The van der Waals surface area contributed by atoms with E-state index in [0.717, 1.165) is 18.5 Å². The van der Waals surface area contributed by atoms with E-state index < -0.39 is 0 Å². The summed E-state index contributed by atoms with van der Waals surface area (Å²) in [6, 6.07) is 4.28. The maximum Gasteiger partial charge on any atom is 0.208 e. The lowest BCUT2D eigenvalue weighted by atomic mass is 9.85. The summed E-state index contributed by atoms with van der Waals surface area (Å²) in [6.07, 6.45) is 6.55. The Kier molecular flexibility index (Phi) is 3.05. The number of carbonyl (C=O) groups is 1. The van der Waals surface area contributed by atoms with E-state index in [4.69, 9.17) is 4.74 Å². The van der Waals surface area contributed by atoms with E-state index in [2.05, 4.69) is 25.3 Å². The van der Waals surface area contributed by atoms with Crippen molar-refractivity contribution in [2.24, 2.45) is 5.41 Å². The first-order chi connectivity index (χ1) is 8.98. The summed E-state index contributed by atoms with van der Waals surface area (Å²) < 4.78 is 8.43. The van der Waals surface area contributed by atoms with E-state index in [1.807, 2.05) is 18.3 Å². The van der Waals surface area contributed by atoms with Crippen molar-refractivity contribution >= 4 is 5.78 Å². The topological polar surface area (TPSA) is 31.2 Å². The molecule has 0 spiro atoms. The first-order valence-electron chi connectivity index (χ1n) is 7.35. The summed E-state index contributed by atoms with van der Waals surface area (Å²) in [4.78, 5) is 12.7. The highest BCUT2D eigenvalue weighted by atomic mass is 16.5. The quantitative estimate of drug-likeness (QED) is 0.714. The Morgan fingerprint density at radius 2 is 2.00 bits per heavy atom. The van der Waals surface area contributed by atoms with E-state index in [0.29, 0.717) is 6.04 Å². The molecule has 104 valence electrons. The van der Waals surface area contributed by atoms with Crippen LogP contribution in [0.25, 0.3) is 0 Å². The zero-order valence-corrected chi connectivity index (χ0v) is 12.1. The van der Waals surface area contributed by atoms with Gasteiger partial charge in [0.25, 0.3) is 0 Å². The molecule has 3 rings (SSSR count). The Labute approximate surface area is 114 Å². The Bertz CT molecular complexity index is 483. The van der Waals surface area contributed by atoms with Crippen molar-refractivity contribution in [3.63, 3.8) is 0 Å². The van der Waals surface area contributed by atoms with Crippen LogP contribution in [0, 0.1) is 5.41 Å². The number of hydrogen-bond acceptors (Lipinski definition) is 2. The third-order valence-corrected chi connectivity index (χ3v) is 4.39. The smallest absolute Gasteiger partial charge is 0.208 e. The van der Waals surface area contributed by atoms with E-state index in [1.165, 1.54) is 12.8 Å². The van der Waals surface area contributed by atoms with Gasteiger partial charge in [0.2, 0.25) is 5.78 Å². The molecule has 2 aliphatic rings.